The molecule has 3 aromatic rings. The van der Waals surface area contributed by atoms with Crippen LogP contribution in [0.1, 0.15) is 140 Å². The van der Waals surface area contributed by atoms with Crippen molar-refractivity contribution < 1.29 is 17.8 Å². The van der Waals surface area contributed by atoms with E-state index < -0.39 is 10.1 Å². The van der Waals surface area contributed by atoms with Crippen molar-refractivity contribution in [2.75, 3.05) is 11.6 Å². The van der Waals surface area contributed by atoms with Gasteiger partial charge in [-0.15, -0.1) is 0 Å². The summed E-state index contributed by atoms with van der Waals surface area (Å²) in [6.45, 7) is 6.28. The van der Waals surface area contributed by atoms with E-state index in [0.29, 0.717) is 12.7 Å². The van der Waals surface area contributed by atoms with Crippen LogP contribution in [0.2, 0.25) is 0 Å². The van der Waals surface area contributed by atoms with Gasteiger partial charge < -0.3 is 9.87 Å². The third-order valence-corrected chi connectivity index (χ3v) is 8.87. The molecule has 0 spiro atoms. The zero-order valence-electron chi connectivity index (χ0n) is 33.4. The molecule has 0 atom stereocenters. The lowest BCUT2D eigenvalue weighted by Gasteiger charge is -2.07. The molecule has 0 saturated carbocycles. The lowest BCUT2D eigenvalue weighted by atomic mass is 10.0. The second-order valence-electron chi connectivity index (χ2n) is 13.8. The zero-order valence-corrected chi connectivity index (χ0v) is 34.2. The molecule has 0 bridgehead atoms. The average molecular weight is 754 g/mol. The average Bonchev–Trinajstić information content (AvgIpc) is 3.16. The topological polar surface area (TPSA) is 98.7 Å². The highest BCUT2D eigenvalue weighted by atomic mass is 32.2. The summed E-state index contributed by atoms with van der Waals surface area (Å²) < 4.78 is 27.2. The predicted molar refractivity (Wildman–Crippen MR) is 231 cm³/mol. The van der Waals surface area contributed by atoms with Crippen LogP contribution in [0, 0.1) is 0 Å². The molecule has 0 fully saturated rings. The Balaban J connectivity index is 0.00000133. The van der Waals surface area contributed by atoms with Gasteiger partial charge in [-0.3, -0.25) is 4.79 Å². The molecule has 0 heterocycles. The molecule has 1 aliphatic carbocycles. The van der Waals surface area contributed by atoms with Gasteiger partial charge in [0, 0.05) is 18.4 Å². The van der Waals surface area contributed by atoms with Gasteiger partial charge in [0.25, 0.3) is 0 Å². The maximum Gasteiger partial charge on any atom is 0.224 e. The number of hydrogen-bond acceptors (Lipinski definition) is 5. The van der Waals surface area contributed by atoms with E-state index in [9.17, 15) is 4.79 Å². The SMILES string of the molecule is CC.CCCCCCCCCCCCCCCCCC(=O)Nc1ccc(C=C2C=CC(=Nc3ccc(Cc4ccccc4)cc3)C=C2)cc1.CS(=O)(=O)[O-]. The van der Waals surface area contributed by atoms with E-state index in [4.69, 9.17) is 18.0 Å². The minimum absolute atomic E-state index is 0.113. The molecule has 0 aromatic heterocycles. The van der Waals surface area contributed by atoms with E-state index in [-0.39, 0.29) is 5.91 Å². The number of hydrogen-bond donors (Lipinski definition) is 1. The highest BCUT2D eigenvalue weighted by Gasteiger charge is 2.04. The van der Waals surface area contributed by atoms with Crippen LogP contribution < -0.4 is 5.32 Å². The van der Waals surface area contributed by atoms with Gasteiger partial charge >= 0.3 is 0 Å². The Labute approximate surface area is 327 Å². The van der Waals surface area contributed by atoms with Crippen molar-refractivity contribution in [3.05, 3.63) is 125 Å². The van der Waals surface area contributed by atoms with E-state index >= 15 is 0 Å². The van der Waals surface area contributed by atoms with Crippen molar-refractivity contribution in [3.8, 4) is 0 Å². The Morgan fingerprint density at radius 1 is 0.648 bits per heavy atom. The van der Waals surface area contributed by atoms with Gasteiger partial charge in [-0.1, -0.05) is 177 Å². The summed E-state index contributed by atoms with van der Waals surface area (Å²) in [6, 6.07) is 27.1. The monoisotopic (exact) mass is 753 g/mol. The standard InChI is InChI=1S/C44H56N2O.C2H6.CH4O3S/c1-2-3-4-5-6-7-8-9-10-11-12-13-14-15-19-22-44(47)46-43-33-27-40(28-34-43)36-39-25-31-42(32-26-39)45-41-29-23-38(24-30-41)35-37-20-17-16-18-21-37;1-2;1-5(2,3)4/h16-18,20-21,23-34,36H,2-15,19,22,35H2,1H3,(H,46,47);1-2H3;1H3,(H,2,3,4)/p-1. The van der Waals surface area contributed by atoms with Crippen molar-refractivity contribution in [2.24, 2.45) is 4.99 Å². The number of amides is 1. The fourth-order valence-electron chi connectivity index (χ4n) is 6.05. The summed E-state index contributed by atoms with van der Waals surface area (Å²) in [5, 5.41) is 3.06. The fraction of sp³-hybridized carbons (Fsp3) is 0.447. The van der Waals surface area contributed by atoms with E-state index in [2.05, 4.69) is 103 Å². The fourth-order valence-corrected chi connectivity index (χ4v) is 6.05. The Morgan fingerprint density at radius 2 is 1.11 bits per heavy atom. The predicted octanol–water partition coefficient (Wildman–Crippen LogP) is 12.9. The van der Waals surface area contributed by atoms with Gasteiger partial charge in [-0.25, -0.2) is 13.4 Å². The first kappa shape index (κ1) is 46.1. The smallest absolute Gasteiger partial charge is 0.224 e. The summed E-state index contributed by atoms with van der Waals surface area (Å²) >= 11 is 0. The number of aliphatic imine (C=N–C) groups is 1. The first-order valence-electron chi connectivity index (χ1n) is 20.3. The van der Waals surface area contributed by atoms with Crippen molar-refractivity contribution in [1.29, 1.82) is 0 Å². The summed E-state index contributed by atoms with van der Waals surface area (Å²) in [6.07, 6.45) is 32.6. The van der Waals surface area contributed by atoms with E-state index in [1.807, 2.05) is 32.0 Å². The lowest BCUT2D eigenvalue weighted by molar-refractivity contribution is -0.116. The zero-order chi connectivity index (χ0) is 39.3. The van der Waals surface area contributed by atoms with Crippen molar-refractivity contribution in [3.63, 3.8) is 0 Å². The quantitative estimate of drug-likeness (QED) is 0.0865. The molecule has 1 amide bonds. The molecule has 3 aromatic carbocycles. The number of benzene rings is 3. The minimum Gasteiger partial charge on any atom is -0.748 e. The molecule has 1 N–H and O–H groups in total. The number of nitrogens with one attached hydrogen (secondary N) is 1. The van der Waals surface area contributed by atoms with Crippen LogP contribution in [0.25, 0.3) is 6.08 Å². The summed E-state index contributed by atoms with van der Waals surface area (Å²) in [5.41, 5.74) is 7.56. The largest absolute Gasteiger partial charge is 0.748 e. The van der Waals surface area contributed by atoms with Gasteiger partial charge in [0.15, 0.2) is 0 Å². The van der Waals surface area contributed by atoms with E-state index in [1.54, 1.807) is 0 Å². The molecule has 6 nitrogen and oxygen atoms in total. The van der Waals surface area contributed by atoms with Crippen LogP contribution in [-0.4, -0.2) is 30.8 Å². The number of carbonyl (C=O) groups excluding carboxylic acids is 1. The summed E-state index contributed by atoms with van der Waals surface area (Å²) in [5.74, 6) is 0.113. The van der Waals surface area contributed by atoms with Crippen LogP contribution in [0.15, 0.2) is 114 Å². The first-order chi connectivity index (χ1) is 26.2. The molecule has 0 radical (unpaired) electrons. The Hall–Kier alpha value is -4.07. The molecule has 0 unspecified atom stereocenters. The van der Waals surface area contributed by atoms with E-state index in [1.165, 1.54) is 94.6 Å². The second-order valence-corrected chi connectivity index (χ2v) is 15.2. The van der Waals surface area contributed by atoms with Crippen molar-refractivity contribution >= 4 is 39.2 Å². The van der Waals surface area contributed by atoms with Crippen molar-refractivity contribution in [1.82, 2.24) is 0 Å². The van der Waals surface area contributed by atoms with Gasteiger partial charge in [0.05, 0.1) is 21.5 Å². The van der Waals surface area contributed by atoms with Crippen LogP contribution in [0.3, 0.4) is 0 Å². The third kappa shape index (κ3) is 23.6. The minimum atomic E-state index is -3.92. The first-order valence-corrected chi connectivity index (χ1v) is 22.1. The second kappa shape index (κ2) is 28.4. The number of rotatable bonds is 21. The molecular formula is C47H65N2O4S-. The summed E-state index contributed by atoms with van der Waals surface area (Å²) in [7, 11) is -3.92. The molecule has 7 heteroatoms. The number of anilines is 1. The number of nitrogens with zero attached hydrogens (tertiary/aromatic N) is 1. The molecular weight excluding hydrogens is 689 g/mol. The van der Waals surface area contributed by atoms with Crippen LogP contribution >= 0.6 is 0 Å². The molecule has 54 heavy (non-hydrogen) atoms. The molecule has 294 valence electrons. The third-order valence-electron chi connectivity index (χ3n) is 8.87. The van der Waals surface area contributed by atoms with Gasteiger partial charge in [0.1, 0.15) is 0 Å². The Morgan fingerprint density at radius 3 is 1.61 bits per heavy atom. The van der Waals surface area contributed by atoms with Gasteiger partial charge in [0.2, 0.25) is 5.91 Å². The number of carbonyl (C=O) groups is 1. The van der Waals surface area contributed by atoms with Crippen LogP contribution in [0.4, 0.5) is 11.4 Å². The maximum atomic E-state index is 12.4. The highest BCUT2D eigenvalue weighted by Crippen LogP contribution is 2.20. The maximum absolute atomic E-state index is 12.4. The highest BCUT2D eigenvalue weighted by molar-refractivity contribution is 7.84. The van der Waals surface area contributed by atoms with Gasteiger partial charge in [-0.05, 0) is 77.6 Å². The number of allylic oxidation sites excluding steroid dienone is 5. The molecule has 0 saturated heterocycles. The van der Waals surface area contributed by atoms with Gasteiger partial charge in [-0.2, -0.15) is 0 Å². The number of unbranched alkanes of at least 4 members (excludes halogenated alkanes) is 14. The van der Waals surface area contributed by atoms with Crippen LogP contribution in [-0.2, 0) is 21.3 Å². The molecule has 1 aliphatic rings. The van der Waals surface area contributed by atoms with Crippen LogP contribution in [0.5, 0.6) is 0 Å². The molecule has 4 rings (SSSR count). The molecule has 0 aliphatic heterocycles. The summed E-state index contributed by atoms with van der Waals surface area (Å²) in [4.78, 5) is 17.2. The lowest BCUT2D eigenvalue weighted by Crippen LogP contribution is -2.10. The normalized spacial score (nSPS) is 11.9. The van der Waals surface area contributed by atoms with Crippen molar-refractivity contribution in [2.45, 2.75) is 130 Å². The Bertz CT molecular complexity index is 1650. The Kier molecular flexibility index (Phi) is 24.2. The van der Waals surface area contributed by atoms with E-state index in [0.717, 1.165) is 47.5 Å².